The summed E-state index contributed by atoms with van der Waals surface area (Å²) in [5, 5.41) is 0. The first-order valence-electron chi connectivity index (χ1n) is 8.96. The van der Waals surface area contributed by atoms with E-state index in [-0.39, 0.29) is 0 Å². The maximum atomic E-state index is 6.00. The molecule has 0 aromatic carbocycles. The third kappa shape index (κ3) is 3.14. The van der Waals surface area contributed by atoms with Crippen LogP contribution in [0.5, 0.6) is 11.6 Å². The Hall–Kier alpha value is -2.89. The molecule has 2 aromatic heterocycles. The minimum atomic E-state index is 0.468. The largest absolute Gasteiger partial charge is 0.497 e. The number of ether oxygens (including phenoxy) is 2. The normalized spacial score (nSPS) is 18.5. The summed E-state index contributed by atoms with van der Waals surface area (Å²) in [6.07, 6.45) is 11.5. The van der Waals surface area contributed by atoms with Crippen molar-refractivity contribution in [2.24, 2.45) is 5.92 Å². The van der Waals surface area contributed by atoms with Gasteiger partial charge in [-0.1, -0.05) is 12.2 Å². The summed E-state index contributed by atoms with van der Waals surface area (Å²) in [5.74, 6) is 3.30. The van der Waals surface area contributed by atoms with Crippen LogP contribution in [0.15, 0.2) is 48.6 Å². The highest BCUT2D eigenvalue weighted by Gasteiger charge is 2.28. The van der Waals surface area contributed by atoms with E-state index in [9.17, 15) is 0 Å². The minimum absolute atomic E-state index is 0.468. The van der Waals surface area contributed by atoms with Gasteiger partial charge in [-0.25, -0.2) is 15.0 Å². The van der Waals surface area contributed by atoms with Crippen LogP contribution in [0.4, 0.5) is 5.95 Å². The lowest BCUT2D eigenvalue weighted by Crippen LogP contribution is -2.18. The molecule has 1 aliphatic carbocycles. The average Bonchev–Trinajstić information content (AvgIpc) is 3.17. The third-order valence-electron chi connectivity index (χ3n) is 4.77. The Balaban J connectivity index is 1.64. The van der Waals surface area contributed by atoms with Gasteiger partial charge >= 0.3 is 0 Å². The smallest absolute Gasteiger partial charge is 0.227 e. The van der Waals surface area contributed by atoms with E-state index in [4.69, 9.17) is 9.47 Å². The molecule has 6 heteroatoms. The van der Waals surface area contributed by atoms with Gasteiger partial charge in [0.25, 0.3) is 0 Å². The zero-order chi connectivity index (χ0) is 17.9. The number of anilines is 1. The highest BCUT2D eigenvalue weighted by atomic mass is 16.5. The molecule has 0 saturated carbocycles. The minimum Gasteiger partial charge on any atom is -0.497 e. The summed E-state index contributed by atoms with van der Waals surface area (Å²) < 4.78 is 11.9. The second-order valence-electron chi connectivity index (χ2n) is 6.44. The Morgan fingerprint density at radius 2 is 2.12 bits per heavy atom. The first-order valence-corrected chi connectivity index (χ1v) is 8.96. The molecule has 26 heavy (non-hydrogen) atoms. The van der Waals surface area contributed by atoms with Gasteiger partial charge in [-0.05, 0) is 31.9 Å². The lowest BCUT2D eigenvalue weighted by atomic mass is 9.90. The number of pyridine rings is 1. The van der Waals surface area contributed by atoms with Crippen LogP contribution in [-0.2, 0) is 4.74 Å². The second kappa shape index (κ2) is 7.15. The Bertz CT molecular complexity index is 845. The average molecular weight is 350 g/mol. The molecule has 3 heterocycles. The fourth-order valence-corrected chi connectivity index (χ4v) is 3.23. The predicted octanol–water partition coefficient (Wildman–Crippen LogP) is 3.83. The molecule has 0 N–H and O–H groups in total. The molecule has 1 atom stereocenters. The van der Waals surface area contributed by atoms with E-state index < -0.39 is 0 Å². The van der Waals surface area contributed by atoms with Gasteiger partial charge in [-0.15, -0.1) is 0 Å². The standard InChI is InChI=1S/C20H22N4O2/c1-3-24(2)20-22-12-15(13-23-20)26-19-17(8-5-10-21-19)16-7-4-6-14-9-11-25-18(14)16/h4-5,7-8,10,12-14H,3,6,9,11H2,1-2H3. The molecular formula is C20H22N4O2. The Labute approximate surface area is 153 Å². The highest BCUT2D eigenvalue weighted by molar-refractivity contribution is 5.79. The number of fused-ring (bicyclic) bond motifs is 1. The van der Waals surface area contributed by atoms with Gasteiger partial charge in [0.2, 0.25) is 11.8 Å². The maximum Gasteiger partial charge on any atom is 0.227 e. The molecule has 0 bridgehead atoms. The molecule has 1 fully saturated rings. The Kier molecular flexibility index (Phi) is 4.56. The quantitative estimate of drug-likeness (QED) is 0.817. The van der Waals surface area contributed by atoms with Gasteiger partial charge in [-0.3, -0.25) is 0 Å². The predicted molar refractivity (Wildman–Crippen MR) is 100 cm³/mol. The Morgan fingerprint density at radius 3 is 2.92 bits per heavy atom. The van der Waals surface area contributed by atoms with Crippen molar-refractivity contribution in [2.45, 2.75) is 19.8 Å². The summed E-state index contributed by atoms with van der Waals surface area (Å²) in [4.78, 5) is 15.1. The molecule has 0 spiro atoms. The van der Waals surface area contributed by atoms with E-state index in [1.165, 1.54) is 0 Å². The van der Waals surface area contributed by atoms with Crippen LogP contribution in [0.25, 0.3) is 5.57 Å². The summed E-state index contributed by atoms with van der Waals surface area (Å²) in [6.45, 7) is 3.68. The van der Waals surface area contributed by atoms with Gasteiger partial charge in [0.1, 0.15) is 5.76 Å². The van der Waals surface area contributed by atoms with Gasteiger partial charge in [0.15, 0.2) is 5.75 Å². The molecule has 2 aromatic rings. The summed E-state index contributed by atoms with van der Waals surface area (Å²) in [6, 6.07) is 3.93. The molecule has 6 nitrogen and oxygen atoms in total. The lowest BCUT2D eigenvalue weighted by molar-refractivity contribution is 0.260. The fraction of sp³-hybridized carbons (Fsp3) is 0.350. The monoisotopic (exact) mass is 350 g/mol. The molecule has 2 aliphatic rings. The SMILES string of the molecule is CCN(C)c1ncc(Oc2ncccc2C2=C3OCCC3CC=C2)cn1. The number of nitrogens with zero attached hydrogens (tertiary/aromatic N) is 4. The molecule has 4 rings (SSSR count). The number of rotatable bonds is 5. The summed E-state index contributed by atoms with van der Waals surface area (Å²) >= 11 is 0. The van der Waals surface area contributed by atoms with E-state index in [0.29, 0.717) is 23.5 Å². The van der Waals surface area contributed by atoms with E-state index in [1.807, 2.05) is 24.1 Å². The number of hydrogen-bond donors (Lipinski definition) is 0. The summed E-state index contributed by atoms with van der Waals surface area (Å²) in [7, 11) is 1.95. The van der Waals surface area contributed by atoms with Gasteiger partial charge in [0, 0.05) is 36.8 Å². The first kappa shape index (κ1) is 16.6. The van der Waals surface area contributed by atoms with Crippen LogP contribution in [0.1, 0.15) is 25.3 Å². The fourth-order valence-electron chi connectivity index (χ4n) is 3.23. The Morgan fingerprint density at radius 1 is 1.27 bits per heavy atom. The molecule has 0 amide bonds. The highest BCUT2D eigenvalue weighted by Crippen LogP contribution is 2.40. The summed E-state index contributed by atoms with van der Waals surface area (Å²) in [5.41, 5.74) is 1.99. The molecule has 1 unspecified atom stereocenters. The van der Waals surface area contributed by atoms with Crippen LogP contribution in [-0.4, -0.2) is 35.2 Å². The van der Waals surface area contributed by atoms with Gasteiger partial charge in [0.05, 0.1) is 19.0 Å². The van der Waals surface area contributed by atoms with Crippen molar-refractivity contribution in [3.63, 3.8) is 0 Å². The molecule has 1 aliphatic heterocycles. The first-order chi connectivity index (χ1) is 12.8. The van der Waals surface area contributed by atoms with Gasteiger partial charge in [-0.2, -0.15) is 0 Å². The van der Waals surface area contributed by atoms with Crippen molar-refractivity contribution in [1.82, 2.24) is 15.0 Å². The molecular weight excluding hydrogens is 328 g/mol. The van der Waals surface area contributed by atoms with Crippen molar-refractivity contribution in [3.8, 4) is 11.6 Å². The second-order valence-corrected chi connectivity index (χ2v) is 6.44. The van der Waals surface area contributed by atoms with Crippen molar-refractivity contribution in [1.29, 1.82) is 0 Å². The van der Waals surface area contributed by atoms with Crippen molar-refractivity contribution >= 4 is 11.5 Å². The zero-order valence-corrected chi connectivity index (χ0v) is 15.1. The van der Waals surface area contributed by atoms with Crippen molar-refractivity contribution < 1.29 is 9.47 Å². The number of allylic oxidation sites excluding steroid dienone is 4. The molecule has 0 radical (unpaired) electrons. The lowest BCUT2D eigenvalue weighted by Gasteiger charge is -2.19. The van der Waals surface area contributed by atoms with Crippen molar-refractivity contribution in [2.75, 3.05) is 25.1 Å². The van der Waals surface area contributed by atoms with E-state index in [2.05, 4.69) is 34.0 Å². The zero-order valence-electron chi connectivity index (χ0n) is 15.1. The van der Waals surface area contributed by atoms with Crippen LogP contribution in [0.2, 0.25) is 0 Å². The van der Waals surface area contributed by atoms with Crippen molar-refractivity contribution in [3.05, 3.63) is 54.2 Å². The van der Waals surface area contributed by atoms with Gasteiger partial charge < -0.3 is 14.4 Å². The van der Waals surface area contributed by atoms with Crippen LogP contribution >= 0.6 is 0 Å². The number of aromatic nitrogens is 3. The van der Waals surface area contributed by atoms with Crippen LogP contribution in [0, 0.1) is 5.92 Å². The van der Waals surface area contributed by atoms with E-state index in [0.717, 1.165) is 42.9 Å². The van der Waals surface area contributed by atoms with E-state index >= 15 is 0 Å². The molecule has 1 saturated heterocycles. The third-order valence-corrected chi connectivity index (χ3v) is 4.77. The topological polar surface area (TPSA) is 60.4 Å². The number of hydrogen-bond acceptors (Lipinski definition) is 6. The van der Waals surface area contributed by atoms with E-state index in [1.54, 1.807) is 18.6 Å². The van der Waals surface area contributed by atoms with Crippen LogP contribution in [0.3, 0.4) is 0 Å². The maximum absolute atomic E-state index is 6.00. The molecule has 134 valence electrons. The van der Waals surface area contributed by atoms with Crippen LogP contribution < -0.4 is 9.64 Å².